The summed E-state index contributed by atoms with van der Waals surface area (Å²) in [5.41, 5.74) is 4.27. The third kappa shape index (κ3) is 2.33. The monoisotopic (exact) mass is 273 g/mol. The van der Waals surface area contributed by atoms with E-state index in [0.29, 0.717) is 6.42 Å². The number of carbonyl (C=O) groups is 1. The van der Waals surface area contributed by atoms with Crippen molar-refractivity contribution < 1.29 is 9.90 Å². The van der Waals surface area contributed by atoms with Gasteiger partial charge in [0.05, 0.1) is 5.54 Å². The molecule has 0 aromatic heterocycles. The van der Waals surface area contributed by atoms with Gasteiger partial charge in [-0.25, -0.2) is 4.79 Å². The number of carboxylic acid groups (broad SMARTS) is 1. The van der Waals surface area contributed by atoms with E-state index in [0.717, 1.165) is 11.3 Å². The molecule has 1 heterocycles. The van der Waals surface area contributed by atoms with E-state index in [1.165, 1.54) is 11.1 Å². The van der Waals surface area contributed by atoms with E-state index in [9.17, 15) is 9.90 Å². The summed E-state index contributed by atoms with van der Waals surface area (Å²) in [6.45, 7) is 10.2. The van der Waals surface area contributed by atoms with Crippen LogP contribution in [0.3, 0.4) is 0 Å². The van der Waals surface area contributed by atoms with Crippen LogP contribution in [0.5, 0.6) is 0 Å². The molecule has 1 aliphatic rings. The molecule has 0 fully saturated rings. The van der Waals surface area contributed by atoms with Gasteiger partial charge in [0.1, 0.15) is 6.04 Å². The lowest BCUT2D eigenvalue weighted by Crippen LogP contribution is -2.54. The Labute approximate surface area is 120 Å². The van der Waals surface area contributed by atoms with Gasteiger partial charge >= 0.3 is 5.97 Å². The zero-order valence-electron chi connectivity index (χ0n) is 12.9. The van der Waals surface area contributed by atoms with Crippen LogP contribution < -0.4 is 4.90 Å². The van der Waals surface area contributed by atoms with Crippen LogP contribution in [0.1, 0.15) is 45.2 Å². The number of hydrogen-bond donors (Lipinski definition) is 1. The number of anilines is 1. The second-order valence-electron chi connectivity index (χ2n) is 6.13. The number of carboxylic acids is 1. The molecule has 0 saturated heterocycles. The Bertz CT molecular complexity index is 572. The van der Waals surface area contributed by atoms with Gasteiger partial charge in [-0.2, -0.15) is 0 Å². The van der Waals surface area contributed by atoms with Gasteiger partial charge in [0, 0.05) is 11.3 Å². The Hall–Kier alpha value is -1.77. The number of rotatable bonds is 3. The second kappa shape index (κ2) is 4.97. The van der Waals surface area contributed by atoms with Crippen LogP contribution in [-0.4, -0.2) is 22.7 Å². The molecule has 0 bridgehead atoms. The summed E-state index contributed by atoms with van der Waals surface area (Å²) in [6, 6.07) is 5.73. The highest BCUT2D eigenvalue weighted by atomic mass is 16.4. The summed E-state index contributed by atoms with van der Waals surface area (Å²) < 4.78 is 0. The van der Waals surface area contributed by atoms with Crippen LogP contribution in [0.15, 0.2) is 24.3 Å². The standard InChI is InChI=1S/C17H23NO2/c1-6-14(16(19)20)18-15-8-7-11(2)9-13(15)12(3)10-17(18,4)5/h7-10,14H,6H2,1-5H3,(H,19,20)/t14-/m0/s1. The van der Waals surface area contributed by atoms with Crippen molar-refractivity contribution in [1.29, 1.82) is 0 Å². The molecule has 2 rings (SSSR count). The van der Waals surface area contributed by atoms with Crippen molar-refractivity contribution in [1.82, 2.24) is 0 Å². The van der Waals surface area contributed by atoms with E-state index in [2.05, 4.69) is 52.0 Å². The van der Waals surface area contributed by atoms with Gasteiger partial charge in [-0.3, -0.25) is 0 Å². The van der Waals surface area contributed by atoms with Crippen molar-refractivity contribution >= 4 is 17.2 Å². The fourth-order valence-electron chi connectivity index (χ4n) is 3.20. The molecular weight excluding hydrogens is 250 g/mol. The molecule has 0 radical (unpaired) electrons. The van der Waals surface area contributed by atoms with Gasteiger partial charge in [0.15, 0.2) is 0 Å². The largest absolute Gasteiger partial charge is 0.480 e. The quantitative estimate of drug-likeness (QED) is 0.909. The number of hydrogen-bond acceptors (Lipinski definition) is 2. The minimum Gasteiger partial charge on any atom is -0.480 e. The van der Waals surface area contributed by atoms with E-state index < -0.39 is 12.0 Å². The van der Waals surface area contributed by atoms with Crippen LogP contribution in [0.25, 0.3) is 5.57 Å². The lowest BCUT2D eigenvalue weighted by Gasteiger charge is -2.46. The summed E-state index contributed by atoms with van der Waals surface area (Å²) in [6.07, 6.45) is 2.75. The molecule has 3 heteroatoms. The lowest BCUT2D eigenvalue weighted by atomic mass is 9.86. The van der Waals surface area contributed by atoms with E-state index >= 15 is 0 Å². The predicted molar refractivity (Wildman–Crippen MR) is 83.1 cm³/mol. The molecule has 0 amide bonds. The highest BCUT2D eigenvalue weighted by Crippen LogP contribution is 2.41. The molecule has 1 aromatic rings. The van der Waals surface area contributed by atoms with Crippen molar-refractivity contribution in [2.24, 2.45) is 0 Å². The smallest absolute Gasteiger partial charge is 0.326 e. The normalized spacial score (nSPS) is 18.2. The Morgan fingerprint density at radius 2 is 2.00 bits per heavy atom. The molecule has 1 aromatic carbocycles. The van der Waals surface area contributed by atoms with Crippen LogP contribution in [0.2, 0.25) is 0 Å². The number of fused-ring (bicyclic) bond motifs is 1. The average Bonchev–Trinajstić information content (AvgIpc) is 2.33. The maximum absolute atomic E-state index is 11.6. The van der Waals surface area contributed by atoms with Crippen molar-refractivity contribution in [3.8, 4) is 0 Å². The first-order valence-corrected chi connectivity index (χ1v) is 7.10. The zero-order chi connectivity index (χ0) is 15.1. The molecule has 0 unspecified atom stereocenters. The highest BCUT2D eigenvalue weighted by Gasteiger charge is 2.38. The van der Waals surface area contributed by atoms with Crippen molar-refractivity contribution in [3.05, 3.63) is 35.4 Å². The van der Waals surface area contributed by atoms with Crippen molar-refractivity contribution in [2.45, 2.75) is 52.6 Å². The summed E-state index contributed by atoms with van der Waals surface area (Å²) in [4.78, 5) is 13.7. The third-order valence-electron chi connectivity index (χ3n) is 4.01. The Morgan fingerprint density at radius 3 is 2.55 bits per heavy atom. The van der Waals surface area contributed by atoms with E-state index in [1.54, 1.807) is 0 Å². The number of aliphatic carboxylic acids is 1. The fraction of sp³-hybridized carbons (Fsp3) is 0.471. The van der Waals surface area contributed by atoms with Crippen LogP contribution in [0, 0.1) is 6.92 Å². The molecule has 1 N–H and O–H groups in total. The molecule has 1 aliphatic heterocycles. The summed E-state index contributed by atoms with van der Waals surface area (Å²) >= 11 is 0. The first-order valence-electron chi connectivity index (χ1n) is 7.10. The van der Waals surface area contributed by atoms with Gasteiger partial charge in [-0.1, -0.05) is 24.6 Å². The van der Waals surface area contributed by atoms with E-state index in [4.69, 9.17) is 0 Å². The summed E-state index contributed by atoms with van der Waals surface area (Å²) in [5.74, 6) is -0.764. The minimum atomic E-state index is -0.764. The lowest BCUT2D eigenvalue weighted by molar-refractivity contribution is -0.139. The SMILES string of the molecule is CC[C@@H](C(=O)O)N1c2ccc(C)cc2C(C)=CC1(C)C. The number of aryl methyl sites for hydroxylation is 1. The number of benzene rings is 1. The summed E-state index contributed by atoms with van der Waals surface area (Å²) in [7, 11) is 0. The Kier molecular flexibility index (Phi) is 3.63. The molecule has 108 valence electrons. The first kappa shape index (κ1) is 14.6. The third-order valence-corrected chi connectivity index (χ3v) is 4.01. The topological polar surface area (TPSA) is 40.5 Å². The van der Waals surface area contributed by atoms with Crippen molar-refractivity contribution in [3.63, 3.8) is 0 Å². The number of nitrogens with zero attached hydrogens (tertiary/aromatic N) is 1. The maximum atomic E-state index is 11.6. The second-order valence-corrected chi connectivity index (χ2v) is 6.13. The van der Waals surface area contributed by atoms with Crippen LogP contribution in [-0.2, 0) is 4.79 Å². The van der Waals surface area contributed by atoms with E-state index in [1.807, 2.05) is 11.8 Å². The Morgan fingerprint density at radius 1 is 1.35 bits per heavy atom. The number of allylic oxidation sites excluding steroid dienone is 1. The van der Waals surface area contributed by atoms with Crippen molar-refractivity contribution in [2.75, 3.05) is 4.90 Å². The first-order chi connectivity index (χ1) is 9.27. The van der Waals surface area contributed by atoms with Gasteiger partial charge < -0.3 is 10.0 Å². The van der Waals surface area contributed by atoms with E-state index in [-0.39, 0.29) is 5.54 Å². The highest BCUT2D eigenvalue weighted by molar-refractivity contribution is 5.87. The molecule has 1 atom stereocenters. The molecule has 0 aliphatic carbocycles. The molecular formula is C17H23NO2. The van der Waals surface area contributed by atoms with Crippen LogP contribution in [0.4, 0.5) is 5.69 Å². The van der Waals surface area contributed by atoms with Gasteiger partial charge in [-0.05, 0) is 51.8 Å². The molecule has 20 heavy (non-hydrogen) atoms. The van der Waals surface area contributed by atoms with Gasteiger partial charge in [0.2, 0.25) is 0 Å². The average molecular weight is 273 g/mol. The van der Waals surface area contributed by atoms with Crippen LogP contribution >= 0.6 is 0 Å². The predicted octanol–water partition coefficient (Wildman–Crippen LogP) is 3.86. The van der Waals surface area contributed by atoms with Gasteiger partial charge in [0.25, 0.3) is 0 Å². The maximum Gasteiger partial charge on any atom is 0.326 e. The summed E-state index contributed by atoms with van der Waals surface area (Å²) in [5, 5.41) is 9.54. The molecule has 0 spiro atoms. The molecule has 3 nitrogen and oxygen atoms in total. The van der Waals surface area contributed by atoms with Gasteiger partial charge in [-0.15, -0.1) is 0 Å². The zero-order valence-corrected chi connectivity index (χ0v) is 12.9. The molecule has 0 saturated carbocycles. The minimum absolute atomic E-state index is 0.300. The fourth-order valence-corrected chi connectivity index (χ4v) is 3.20. The Balaban J connectivity index is 2.65.